The molecule has 0 aliphatic carbocycles. The topological polar surface area (TPSA) is 86.0 Å². The molecule has 2 heterocycles. The van der Waals surface area contributed by atoms with Gasteiger partial charge in [-0.15, -0.1) is 10.2 Å². The number of methoxy groups -OCH3 is 1. The Balaban J connectivity index is 2.22. The number of nitrogens with zero attached hydrogens (tertiary/aromatic N) is 4. The molecule has 2 aromatic rings. The third kappa shape index (κ3) is 2.93. The minimum absolute atomic E-state index is 0.174. The summed E-state index contributed by atoms with van der Waals surface area (Å²) in [6.07, 6.45) is 0.915. The first-order valence-corrected chi connectivity index (χ1v) is 6.58. The van der Waals surface area contributed by atoms with Crippen molar-refractivity contribution in [2.24, 2.45) is 0 Å². The van der Waals surface area contributed by atoms with Crippen molar-refractivity contribution >= 4 is 0 Å². The van der Waals surface area contributed by atoms with Gasteiger partial charge in [0.25, 0.3) is 0 Å². The van der Waals surface area contributed by atoms with Crippen LogP contribution in [0.3, 0.4) is 0 Å². The van der Waals surface area contributed by atoms with E-state index in [1.165, 1.54) is 0 Å². The van der Waals surface area contributed by atoms with Crippen molar-refractivity contribution in [3.8, 4) is 17.4 Å². The molecule has 2 atom stereocenters. The number of likely N-dealkylation sites (N-methyl/N-ethyl adjacent to an activating group) is 1. The largest absolute Gasteiger partial charge is 0.480 e. The Hall–Kier alpha value is -2.02. The van der Waals surface area contributed by atoms with Crippen LogP contribution in [0, 0.1) is 0 Å². The van der Waals surface area contributed by atoms with Crippen LogP contribution in [-0.2, 0) is 0 Å². The fourth-order valence-corrected chi connectivity index (χ4v) is 1.98. The van der Waals surface area contributed by atoms with E-state index < -0.39 is 0 Å². The second kappa shape index (κ2) is 6.42. The molecular formula is C13H19N5O2. The minimum Gasteiger partial charge on any atom is -0.480 e. The number of nitrogens with one attached hydrogen (secondary N) is 1. The van der Waals surface area contributed by atoms with Crippen LogP contribution in [0.5, 0.6) is 5.88 Å². The summed E-state index contributed by atoms with van der Waals surface area (Å²) >= 11 is 0. The first-order chi connectivity index (χ1) is 9.69. The molecule has 0 saturated carbocycles. The summed E-state index contributed by atoms with van der Waals surface area (Å²) in [7, 11) is 3.46. The predicted molar refractivity (Wildman–Crippen MR) is 73.4 cm³/mol. The molecule has 0 saturated heterocycles. The lowest BCUT2D eigenvalue weighted by Gasteiger charge is -2.17. The van der Waals surface area contributed by atoms with Crippen molar-refractivity contribution in [1.29, 1.82) is 0 Å². The highest BCUT2D eigenvalue weighted by molar-refractivity contribution is 5.47. The third-order valence-corrected chi connectivity index (χ3v) is 3.34. The van der Waals surface area contributed by atoms with Crippen LogP contribution in [0.25, 0.3) is 11.5 Å². The number of hydrogen-bond acceptors (Lipinski definition) is 7. The molecule has 1 N–H and O–H groups in total. The Labute approximate surface area is 117 Å². The normalized spacial score (nSPS) is 14.0. The van der Waals surface area contributed by atoms with Crippen LogP contribution >= 0.6 is 0 Å². The monoisotopic (exact) mass is 277 g/mol. The van der Waals surface area contributed by atoms with Crippen molar-refractivity contribution in [3.63, 3.8) is 0 Å². The third-order valence-electron chi connectivity index (χ3n) is 3.34. The molecule has 0 radical (unpaired) electrons. The minimum atomic E-state index is 0.174. The van der Waals surface area contributed by atoms with Crippen LogP contribution < -0.4 is 10.1 Å². The molecule has 2 rings (SSSR count). The molecule has 0 aliphatic rings. The van der Waals surface area contributed by atoms with E-state index in [0.29, 0.717) is 23.3 Å². The predicted octanol–water partition coefficient (Wildman–Crippen LogP) is 1.64. The lowest BCUT2D eigenvalue weighted by molar-refractivity contribution is 0.322. The standard InChI is InChI=1S/C13H19N5O2/c1-5-9(8(2)14-3)13-15-12(18-20-13)10-6-7-11(19-4)17-16-10/h6-9,14H,5H2,1-4H3. The molecule has 0 amide bonds. The second-order valence-corrected chi connectivity index (χ2v) is 4.51. The fourth-order valence-electron chi connectivity index (χ4n) is 1.98. The summed E-state index contributed by atoms with van der Waals surface area (Å²) in [6.45, 7) is 4.18. The maximum atomic E-state index is 5.35. The highest BCUT2D eigenvalue weighted by Gasteiger charge is 2.23. The Kier molecular flexibility index (Phi) is 4.62. The summed E-state index contributed by atoms with van der Waals surface area (Å²) in [5.74, 6) is 1.68. The Morgan fingerprint density at radius 2 is 2.15 bits per heavy atom. The molecule has 2 unspecified atom stereocenters. The molecular weight excluding hydrogens is 258 g/mol. The average molecular weight is 277 g/mol. The van der Waals surface area contributed by atoms with Crippen LogP contribution in [0.1, 0.15) is 32.1 Å². The Morgan fingerprint density at radius 3 is 2.70 bits per heavy atom. The van der Waals surface area contributed by atoms with Gasteiger partial charge in [-0.05, 0) is 26.5 Å². The molecule has 20 heavy (non-hydrogen) atoms. The molecule has 2 aromatic heterocycles. The zero-order valence-electron chi connectivity index (χ0n) is 12.1. The van der Waals surface area contributed by atoms with Gasteiger partial charge in [0.1, 0.15) is 5.69 Å². The first kappa shape index (κ1) is 14.4. The molecule has 7 heteroatoms. The fraction of sp³-hybridized carbons (Fsp3) is 0.538. The van der Waals surface area contributed by atoms with Crippen LogP contribution in [-0.4, -0.2) is 40.5 Å². The SMILES string of the molecule is CCC(c1nc(-c2ccc(OC)nn2)no1)C(C)NC. The lowest BCUT2D eigenvalue weighted by Crippen LogP contribution is -2.28. The van der Waals surface area contributed by atoms with Crippen molar-refractivity contribution in [2.45, 2.75) is 32.2 Å². The molecule has 7 nitrogen and oxygen atoms in total. The van der Waals surface area contributed by atoms with E-state index in [0.717, 1.165) is 6.42 Å². The van der Waals surface area contributed by atoms with E-state index in [1.54, 1.807) is 19.2 Å². The number of hydrogen-bond donors (Lipinski definition) is 1. The van der Waals surface area contributed by atoms with Crippen LogP contribution in [0.15, 0.2) is 16.7 Å². The van der Waals surface area contributed by atoms with E-state index >= 15 is 0 Å². The summed E-state index contributed by atoms with van der Waals surface area (Å²) in [6, 6.07) is 3.73. The summed E-state index contributed by atoms with van der Waals surface area (Å²) < 4.78 is 10.3. The van der Waals surface area contributed by atoms with Crippen molar-refractivity contribution < 1.29 is 9.26 Å². The van der Waals surface area contributed by atoms with Gasteiger partial charge in [-0.1, -0.05) is 12.1 Å². The Morgan fingerprint density at radius 1 is 1.35 bits per heavy atom. The average Bonchev–Trinajstić information content (AvgIpc) is 2.97. The van der Waals surface area contributed by atoms with Crippen LogP contribution in [0.2, 0.25) is 0 Å². The van der Waals surface area contributed by atoms with E-state index in [-0.39, 0.29) is 12.0 Å². The highest BCUT2D eigenvalue weighted by Crippen LogP contribution is 2.24. The number of aromatic nitrogens is 4. The van der Waals surface area contributed by atoms with Gasteiger partial charge in [0.15, 0.2) is 0 Å². The van der Waals surface area contributed by atoms with Gasteiger partial charge in [-0.2, -0.15) is 4.98 Å². The first-order valence-electron chi connectivity index (χ1n) is 6.58. The number of ether oxygens (including phenoxy) is 1. The van der Waals surface area contributed by atoms with Gasteiger partial charge in [0, 0.05) is 12.1 Å². The molecule has 0 fully saturated rings. The lowest BCUT2D eigenvalue weighted by atomic mass is 9.98. The second-order valence-electron chi connectivity index (χ2n) is 4.51. The van der Waals surface area contributed by atoms with E-state index in [4.69, 9.17) is 9.26 Å². The molecule has 108 valence electrons. The van der Waals surface area contributed by atoms with E-state index in [1.807, 2.05) is 7.05 Å². The maximum absolute atomic E-state index is 5.35. The van der Waals surface area contributed by atoms with Gasteiger partial charge < -0.3 is 14.6 Å². The van der Waals surface area contributed by atoms with Crippen LogP contribution in [0.4, 0.5) is 0 Å². The molecule has 0 aliphatic heterocycles. The van der Waals surface area contributed by atoms with Gasteiger partial charge in [-0.3, -0.25) is 0 Å². The zero-order valence-corrected chi connectivity index (χ0v) is 12.1. The summed E-state index contributed by atoms with van der Waals surface area (Å²) in [4.78, 5) is 4.42. The molecule has 0 bridgehead atoms. The maximum Gasteiger partial charge on any atom is 0.233 e. The highest BCUT2D eigenvalue weighted by atomic mass is 16.5. The summed E-state index contributed by atoms with van der Waals surface area (Å²) in [5.41, 5.74) is 0.563. The van der Waals surface area contributed by atoms with E-state index in [9.17, 15) is 0 Å². The zero-order chi connectivity index (χ0) is 14.5. The quantitative estimate of drug-likeness (QED) is 0.858. The Bertz CT molecular complexity index is 540. The van der Waals surface area contributed by atoms with Gasteiger partial charge >= 0.3 is 0 Å². The molecule has 0 spiro atoms. The van der Waals surface area contributed by atoms with Gasteiger partial charge in [-0.25, -0.2) is 0 Å². The van der Waals surface area contributed by atoms with Crippen molar-refractivity contribution in [3.05, 3.63) is 18.0 Å². The number of rotatable bonds is 6. The van der Waals surface area contributed by atoms with E-state index in [2.05, 4.69) is 39.5 Å². The summed E-state index contributed by atoms with van der Waals surface area (Å²) in [5, 5.41) is 15.1. The van der Waals surface area contributed by atoms with Gasteiger partial charge in [0.05, 0.1) is 13.0 Å². The molecule has 0 aromatic carbocycles. The smallest absolute Gasteiger partial charge is 0.233 e. The van der Waals surface area contributed by atoms with Gasteiger partial charge in [0.2, 0.25) is 17.6 Å². The van der Waals surface area contributed by atoms with Crippen molar-refractivity contribution in [1.82, 2.24) is 25.7 Å². The van der Waals surface area contributed by atoms with Crippen molar-refractivity contribution in [2.75, 3.05) is 14.2 Å².